The van der Waals surface area contributed by atoms with E-state index in [0.29, 0.717) is 12.8 Å². The van der Waals surface area contributed by atoms with Crippen molar-refractivity contribution in [2.75, 3.05) is 0 Å². The molecule has 2 aliphatic rings. The monoisotopic (exact) mass is 282 g/mol. The number of Topliss-reactive ketones (excluding diaryl/α,β-unsaturated/α-hetero) is 2. The van der Waals surface area contributed by atoms with Gasteiger partial charge in [0.25, 0.3) is 0 Å². The minimum absolute atomic E-state index is 0.0563. The molecule has 6 heteroatoms. The second-order valence-corrected chi connectivity index (χ2v) is 5.83. The third-order valence-corrected chi connectivity index (χ3v) is 4.88. The number of ketones is 2. The van der Waals surface area contributed by atoms with E-state index in [-0.39, 0.29) is 50.1 Å². The van der Waals surface area contributed by atoms with Crippen molar-refractivity contribution in [1.29, 1.82) is 0 Å². The van der Waals surface area contributed by atoms with E-state index in [2.05, 4.69) is 0 Å². The molecule has 2 atom stereocenters. The first-order valence-corrected chi connectivity index (χ1v) is 6.89. The lowest BCUT2D eigenvalue weighted by Crippen LogP contribution is -2.40. The molecular weight excluding hydrogens is 264 g/mol. The van der Waals surface area contributed by atoms with Gasteiger partial charge in [0.05, 0.1) is 0 Å². The van der Waals surface area contributed by atoms with E-state index in [9.17, 15) is 29.4 Å². The summed E-state index contributed by atoms with van der Waals surface area (Å²) >= 11 is 0. The molecule has 0 radical (unpaired) electrons. The van der Waals surface area contributed by atoms with E-state index < -0.39 is 22.8 Å². The number of carbonyl (C=O) groups is 4. The molecule has 110 valence electrons. The molecular formula is C14H18O6. The summed E-state index contributed by atoms with van der Waals surface area (Å²) in [5, 5.41) is 18.7. The van der Waals surface area contributed by atoms with Crippen LogP contribution in [-0.4, -0.2) is 33.7 Å². The molecule has 20 heavy (non-hydrogen) atoms. The van der Waals surface area contributed by atoms with E-state index in [0.717, 1.165) is 0 Å². The summed E-state index contributed by atoms with van der Waals surface area (Å²) in [6.45, 7) is 0. The van der Waals surface area contributed by atoms with Crippen LogP contribution in [0.1, 0.15) is 51.4 Å². The van der Waals surface area contributed by atoms with Crippen LogP contribution in [0.5, 0.6) is 0 Å². The first kappa shape index (κ1) is 14.7. The van der Waals surface area contributed by atoms with Crippen LogP contribution < -0.4 is 0 Å². The molecule has 0 spiro atoms. The minimum atomic E-state index is -1.48. The van der Waals surface area contributed by atoms with Crippen LogP contribution in [0.15, 0.2) is 0 Å². The molecule has 2 fully saturated rings. The normalized spacial score (nSPS) is 33.6. The van der Waals surface area contributed by atoms with E-state index in [1.165, 1.54) is 0 Å². The lowest BCUT2D eigenvalue weighted by atomic mass is 9.72. The number of carbonyl (C=O) groups excluding carboxylic acids is 2. The molecule has 0 aromatic heterocycles. The summed E-state index contributed by atoms with van der Waals surface area (Å²) < 4.78 is 0. The SMILES string of the molecule is O=C(O)C1(CCC2(C(=O)O)CCCC2=O)CCCC1=O. The van der Waals surface area contributed by atoms with Gasteiger partial charge < -0.3 is 10.2 Å². The Kier molecular flexibility index (Phi) is 3.67. The smallest absolute Gasteiger partial charge is 0.317 e. The highest BCUT2D eigenvalue weighted by Gasteiger charge is 2.54. The average molecular weight is 282 g/mol. The fourth-order valence-corrected chi connectivity index (χ4v) is 3.48. The van der Waals surface area contributed by atoms with Gasteiger partial charge in [0, 0.05) is 12.8 Å². The van der Waals surface area contributed by atoms with Crippen LogP contribution in [0.4, 0.5) is 0 Å². The van der Waals surface area contributed by atoms with Crippen molar-refractivity contribution in [1.82, 2.24) is 0 Å². The van der Waals surface area contributed by atoms with Crippen molar-refractivity contribution in [3.05, 3.63) is 0 Å². The van der Waals surface area contributed by atoms with Gasteiger partial charge in [-0.15, -0.1) is 0 Å². The Morgan fingerprint density at radius 3 is 1.40 bits per heavy atom. The van der Waals surface area contributed by atoms with E-state index >= 15 is 0 Å². The largest absolute Gasteiger partial charge is 0.480 e. The van der Waals surface area contributed by atoms with Crippen LogP contribution in [0.25, 0.3) is 0 Å². The molecule has 0 aromatic rings. The summed E-state index contributed by atoms with van der Waals surface area (Å²) in [4.78, 5) is 46.7. The topological polar surface area (TPSA) is 109 Å². The highest BCUT2D eigenvalue weighted by molar-refractivity contribution is 6.06. The summed E-state index contributed by atoms with van der Waals surface area (Å²) in [6, 6.07) is 0. The predicted molar refractivity (Wildman–Crippen MR) is 67.1 cm³/mol. The molecule has 2 N–H and O–H groups in total. The Labute approximate surface area is 116 Å². The molecule has 0 amide bonds. The number of rotatable bonds is 5. The number of carboxylic acids is 2. The quantitative estimate of drug-likeness (QED) is 0.738. The molecule has 0 aromatic carbocycles. The van der Waals surface area contributed by atoms with Crippen LogP contribution in [0.2, 0.25) is 0 Å². The van der Waals surface area contributed by atoms with Gasteiger partial charge in [-0.1, -0.05) is 0 Å². The van der Waals surface area contributed by atoms with Gasteiger partial charge in [-0.05, 0) is 38.5 Å². The van der Waals surface area contributed by atoms with Crippen LogP contribution in [0, 0.1) is 10.8 Å². The van der Waals surface area contributed by atoms with E-state index in [1.54, 1.807) is 0 Å². The highest BCUT2D eigenvalue weighted by atomic mass is 16.4. The van der Waals surface area contributed by atoms with Crippen molar-refractivity contribution in [3.8, 4) is 0 Å². The Morgan fingerprint density at radius 1 is 0.850 bits per heavy atom. The van der Waals surface area contributed by atoms with Crippen LogP contribution in [0.3, 0.4) is 0 Å². The fourth-order valence-electron chi connectivity index (χ4n) is 3.48. The van der Waals surface area contributed by atoms with Gasteiger partial charge in [-0.3, -0.25) is 19.2 Å². The minimum Gasteiger partial charge on any atom is -0.480 e. The molecule has 2 saturated carbocycles. The number of carboxylic acid groups (broad SMARTS) is 2. The second-order valence-electron chi connectivity index (χ2n) is 5.83. The first-order chi connectivity index (χ1) is 9.35. The molecule has 2 aliphatic carbocycles. The zero-order valence-corrected chi connectivity index (χ0v) is 11.2. The molecule has 0 saturated heterocycles. The predicted octanol–water partition coefficient (Wildman–Crippen LogP) is 1.41. The van der Waals surface area contributed by atoms with Gasteiger partial charge in [-0.2, -0.15) is 0 Å². The van der Waals surface area contributed by atoms with Crippen molar-refractivity contribution < 1.29 is 29.4 Å². The summed E-state index contributed by atoms with van der Waals surface area (Å²) in [5.74, 6) is -3.05. The Bertz CT molecular complexity index is 438. The van der Waals surface area contributed by atoms with Crippen molar-refractivity contribution in [3.63, 3.8) is 0 Å². The van der Waals surface area contributed by atoms with Gasteiger partial charge >= 0.3 is 11.9 Å². The first-order valence-electron chi connectivity index (χ1n) is 6.89. The number of hydrogen-bond acceptors (Lipinski definition) is 4. The maximum atomic E-state index is 11.9. The average Bonchev–Trinajstić information content (AvgIpc) is 2.92. The van der Waals surface area contributed by atoms with Gasteiger partial charge in [0.2, 0.25) is 0 Å². The van der Waals surface area contributed by atoms with Crippen LogP contribution in [-0.2, 0) is 19.2 Å². The molecule has 0 heterocycles. The second kappa shape index (κ2) is 5.00. The number of aliphatic carboxylic acids is 2. The maximum Gasteiger partial charge on any atom is 0.317 e. The summed E-state index contributed by atoms with van der Waals surface area (Å²) in [5.41, 5.74) is -2.96. The Balaban J connectivity index is 2.21. The van der Waals surface area contributed by atoms with Crippen molar-refractivity contribution in [2.45, 2.75) is 51.4 Å². The lowest BCUT2D eigenvalue weighted by molar-refractivity contribution is -0.159. The number of hydrogen-bond donors (Lipinski definition) is 2. The zero-order chi connectivity index (χ0) is 15.0. The Morgan fingerprint density at radius 2 is 1.20 bits per heavy atom. The molecule has 0 aliphatic heterocycles. The van der Waals surface area contributed by atoms with Crippen molar-refractivity contribution in [2.24, 2.45) is 10.8 Å². The molecule has 6 nitrogen and oxygen atoms in total. The van der Waals surface area contributed by atoms with Gasteiger partial charge in [0.1, 0.15) is 22.4 Å². The van der Waals surface area contributed by atoms with E-state index in [1.807, 2.05) is 0 Å². The maximum absolute atomic E-state index is 11.9. The Hall–Kier alpha value is -1.72. The third kappa shape index (κ3) is 2.03. The van der Waals surface area contributed by atoms with E-state index in [4.69, 9.17) is 0 Å². The fraction of sp³-hybridized carbons (Fsp3) is 0.714. The third-order valence-electron chi connectivity index (χ3n) is 4.88. The molecule has 0 bridgehead atoms. The summed E-state index contributed by atoms with van der Waals surface area (Å²) in [6.07, 6.45) is 1.84. The molecule has 2 unspecified atom stereocenters. The highest BCUT2D eigenvalue weighted by Crippen LogP contribution is 2.46. The van der Waals surface area contributed by atoms with Gasteiger partial charge in [-0.25, -0.2) is 0 Å². The van der Waals surface area contributed by atoms with Gasteiger partial charge in [0.15, 0.2) is 0 Å². The van der Waals surface area contributed by atoms with Crippen LogP contribution >= 0.6 is 0 Å². The summed E-state index contributed by atoms with van der Waals surface area (Å²) in [7, 11) is 0. The lowest BCUT2D eigenvalue weighted by Gasteiger charge is -2.28. The standard InChI is InChI=1S/C14H18O6/c15-9-3-1-5-13(9,11(17)18)7-8-14(12(19)20)6-2-4-10(14)16/h1-8H2,(H,17,18)(H,19,20). The van der Waals surface area contributed by atoms with Crippen molar-refractivity contribution >= 4 is 23.5 Å². The molecule has 2 rings (SSSR count). The zero-order valence-electron chi connectivity index (χ0n) is 11.2.